The molecule has 22 heavy (non-hydrogen) atoms. The lowest BCUT2D eigenvalue weighted by molar-refractivity contribution is 0.409. The maximum absolute atomic E-state index is 5.64. The Morgan fingerprint density at radius 3 is 2.68 bits per heavy atom. The third-order valence-electron chi connectivity index (χ3n) is 4.66. The minimum Gasteiger partial charge on any atom is -0.497 e. The van der Waals surface area contributed by atoms with Gasteiger partial charge < -0.3 is 14.8 Å². The van der Waals surface area contributed by atoms with Gasteiger partial charge in [0, 0.05) is 11.6 Å². The molecule has 0 amide bonds. The molecule has 0 spiro atoms. The van der Waals surface area contributed by atoms with Crippen molar-refractivity contribution in [2.24, 2.45) is 0 Å². The maximum atomic E-state index is 5.64. The summed E-state index contributed by atoms with van der Waals surface area (Å²) in [6.45, 7) is 1.04. The summed E-state index contributed by atoms with van der Waals surface area (Å²) in [5.74, 6) is 1.89. The zero-order chi connectivity index (χ0) is 14.4. The van der Waals surface area contributed by atoms with Crippen LogP contribution >= 0.6 is 12.4 Å². The van der Waals surface area contributed by atoms with Crippen LogP contribution in [0.5, 0.6) is 11.5 Å². The van der Waals surface area contributed by atoms with Gasteiger partial charge in [0.05, 0.1) is 14.2 Å². The molecule has 1 unspecified atom stereocenters. The van der Waals surface area contributed by atoms with Crippen molar-refractivity contribution < 1.29 is 9.47 Å². The number of halogens is 1. The van der Waals surface area contributed by atoms with Gasteiger partial charge in [-0.05, 0) is 59.8 Å². The second kappa shape index (κ2) is 5.82. The molecular weight excluding hydrogens is 298 g/mol. The smallest absolute Gasteiger partial charge is 0.127 e. The van der Waals surface area contributed by atoms with Gasteiger partial charge in [-0.2, -0.15) is 0 Å². The largest absolute Gasteiger partial charge is 0.497 e. The van der Waals surface area contributed by atoms with Crippen LogP contribution in [0.2, 0.25) is 0 Å². The first-order chi connectivity index (χ1) is 10.3. The van der Waals surface area contributed by atoms with Crippen LogP contribution in [0.15, 0.2) is 30.3 Å². The summed E-state index contributed by atoms with van der Waals surface area (Å²) in [6, 6.07) is 11.1. The Balaban J connectivity index is 0.00000144. The van der Waals surface area contributed by atoms with Gasteiger partial charge in [-0.1, -0.05) is 12.1 Å². The summed E-state index contributed by atoms with van der Waals surface area (Å²) in [5, 5.41) is 3.65. The average Bonchev–Trinajstić information content (AvgIpc) is 2.54. The second-order valence-electron chi connectivity index (χ2n) is 5.70. The molecule has 3 nitrogen and oxygen atoms in total. The van der Waals surface area contributed by atoms with Gasteiger partial charge in [-0.15, -0.1) is 12.4 Å². The van der Waals surface area contributed by atoms with Crippen LogP contribution in [-0.4, -0.2) is 20.8 Å². The Morgan fingerprint density at radius 1 is 1.05 bits per heavy atom. The van der Waals surface area contributed by atoms with Crippen molar-refractivity contribution in [2.75, 3.05) is 20.8 Å². The molecule has 2 aliphatic rings. The summed E-state index contributed by atoms with van der Waals surface area (Å²) in [7, 11) is 3.47. The molecule has 0 radical (unpaired) electrons. The molecule has 1 N–H and O–H groups in total. The van der Waals surface area contributed by atoms with Crippen molar-refractivity contribution >= 4 is 12.4 Å². The molecule has 116 valence electrons. The normalized spacial score (nSPS) is 17.8. The van der Waals surface area contributed by atoms with Crippen LogP contribution in [-0.2, 0) is 12.8 Å². The van der Waals surface area contributed by atoms with Gasteiger partial charge in [0.15, 0.2) is 0 Å². The molecule has 0 saturated heterocycles. The van der Waals surface area contributed by atoms with E-state index >= 15 is 0 Å². The minimum absolute atomic E-state index is 0. The number of rotatable bonds is 2. The van der Waals surface area contributed by atoms with Crippen LogP contribution in [0.1, 0.15) is 22.7 Å². The van der Waals surface area contributed by atoms with Crippen LogP contribution in [0.25, 0.3) is 11.1 Å². The zero-order valence-corrected chi connectivity index (χ0v) is 13.6. The summed E-state index contributed by atoms with van der Waals surface area (Å²) in [4.78, 5) is 0. The minimum atomic E-state index is 0. The highest BCUT2D eigenvalue weighted by molar-refractivity contribution is 5.85. The molecule has 1 aliphatic heterocycles. The van der Waals surface area contributed by atoms with Crippen molar-refractivity contribution in [1.29, 1.82) is 0 Å². The quantitative estimate of drug-likeness (QED) is 0.919. The number of nitrogens with one attached hydrogen (secondary N) is 1. The molecule has 0 saturated carbocycles. The Kier molecular flexibility index (Phi) is 4.02. The summed E-state index contributed by atoms with van der Waals surface area (Å²) in [5.41, 5.74) is 6.76. The van der Waals surface area contributed by atoms with Crippen molar-refractivity contribution in [3.05, 3.63) is 47.0 Å². The van der Waals surface area contributed by atoms with E-state index in [1.54, 1.807) is 14.2 Å². The zero-order valence-electron chi connectivity index (χ0n) is 12.8. The van der Waals surface area contributed by atoms with E-state index in [0.29, 0.717) is 6.04 Å². The molecular formula is C18H20ClNO2. The SMILES string of the molecule is COc1ccc2c(c1)CC1NCCc3ccc(OC)c-2c31.Cl. The first-order valence-electron chi connectivity index (χ1n) is 7.42. The molecule has 2 aromatic rings. The lowest BCUT2D eigenvalue weighted by atomic mass is 9.77. The van der Waals surface area contributed by atoms with E-state index in [0.717, 1.165) is 30.9 Å². The highest BCUT2D eigenvalue weighted by Crippen LogP contribution is 2.47. The monoisotopic (exact) mass is 317 g/mol. The molecule has 4 heteroatoms. The van der Waals surface area contributed by atoms with E-state index in [2.05, 4.69) is 29.6 Å². The topological polar surface area (TPSA) is 30.5 Å². The third-order valence-corrected chi connectivity index (χ3v) is 4.66. The fourth-order valence-corrected chi connectivity index (χ4v) is 3.69. The first-order valence-corrected chi connectivity index (χ1v) is 7.42. The molecule has 0 fully saturated rings. The fraction of sp³-hybridized carbons (Fsp3) is 0.333. The summed E-state index contributed by atoms with van der Waals surface area (Å²) >= 11 is 0. The van der Waals surface area contributed by atoms with Gasteiger partial charge >= 0.3 is 0 Å². The van der Waals surface area contributed by atoms with Crippen molar-refractivity contribution in [2.45, 2.75) is 18.9 Å². The fourth-order valence-electron chi connectivity index (χ4n) is 3.69. The summed E-state index contributed by atoms with van der Waals surface area (Å²) < 4.78 is 11.0. The molecule has 0 aromatic heterocycles. The van der Waals surface area contributed by atoms with Gasteiger partial charge in [0.2, 0.25) is 0 Å². The average molecular weight is 318 g/mol. The van der Waals surface area contributed by atoms with Crippen LogP contribution in [0, 0.1) is 0 Å². The summed E-state index contributed by atoms with van der Waals surface area (Å²) in [6.07, 6.45) is 2.11. The van der Waals surface area contributed by atoms with Crippen molar-refractivity contribution in [3.8, 4) is 22.6 Å². The number of benzene rings is 2. The number of fused-ring (bicyclic) bond motifs is 2. The van der Waals surface area contributed by atoms with E-state index in [1.807, 2.05) is 6.07 Å². The third kappa shape index (κ3) is 2.16. The van der Waals surface area contributed by atoms with Gasteiger partial charge in [-0.25, -0.2) is 0 Å². The first kappa shape index (κ1) is 15.2. The van der Waals surface area contributed by atoms with E-state index in [4.69, 9.17) is 9.47 Å². The van der Waals surface area contributed by atoms with E-state index in [1.165, 1.54) is 27.8 Å². The molecule has 0 bridgehead atoms. The maximum Gasteiger partial charge on any atom is 0.127 e. The van der Waals surface area contributed by atoms with Crippen LogP contribution in [0.4, 0.5) is 0 Å². The predicted molar refractivity (Wildman–Crippen MR) is 90.4 cm³/mol. The Morgan fingerprint density at radius 2 is 1.91 bits per heavy atom. The number of methoxy groups -OCH3 is 2. The highest BCUT2D eigenvalue weighted by Gasteiger charge is 2.31. The van der Waals surface area contributed by atoms with Crippen LogP contribution in [0.3, 0.4) is 0 Å². The Labute approximate surface area is 137 Å². The number of hydrogen-bond acceptors (Lipinski definition) is 3. The Hall–Kier alpha value is -1.71. The van der Waals surface area contributed by atoms with Gasteiger partial charge in [-0.3, -0.25) is 0 Å². The van der Waals surface area contributed by atoms with Gasteiger partial charge in [0.1, 0.15) is 11.5 Å². The number of hydrogen-bond donors (Lipinski definition) is 1. The second-order valence-corrected chi connectivity index (χ2v) is 5.70. The number of ether oxygens (including phenoxy) is 2. The highest BCUT2D eigenvalue weighted by atomic mass is 35.5. The van der Waals surface area contributed by atoms with Crippen molar-refractivity contribution in [3.63, 3.8) is 0 Å². The Bertz CT molecular complexity index is 714. The molecule has 1 aliphatic carbocycles. The standard InChI is InChI=1S/C18H19NO2.ClH/c1-20-13-4-5-14-12(9-13)10-15-17-11(7-8-19-15)3-6-16(21-2)18(14)17;/h3-6,9,15,19H,7-8,10H2,1-2H3;1H. The lowest BCUT2D eigenvalue weighted by Gasteiger charge is -2.35. The lowest BCUT2D eigenvalue weighted by Crippen LogP contribution is -2.33. The molecule has 1 atom stereocenters. The van der Waals surface area contributed by atoms with Crippen LogP contribution < -0.4 is 14.8 Å². The van der Waals surface area contributed by atoms with E-state index in [-0.39, 0.29) is 12.4 Å². The molecule has 2 aromatic carbocycles. The molecule has 4 rings (SSSR count). The predicted octanol–water partition coefficient (Wildman–Crippen LogP) is 3.54. The molecule has 1 heterocycles. The van der Waals surface area contributed by atoms with E-state index < -0.39 is 0 Å². The van der Waals surface area contributed by atoms with Gasteiger partial charge in [0.25, 0.3) is 0 Å². The van der Waals surface area contributed by atoms with Crippen molar-refractivity contribution in [1.82, 2.24) is 5.32 Å². The van der Waals surface area contributed by atoms with E-state index in [9.17, 15) is 0 Å².